The van der Waals surface area contributed by atoms with E-state index in [2.05, 4.69) is 4.74 Å². The summed E-state index contributed by atoms with van der Waals surface area (Å²) in [6.45, 7) is 0. The van der Waals surface area contributed by atoms with Crippen LogP contribution in [-0.4, -0.2) is 28.6 Å². The van der Waals surface area contributed by atoms with E-state index in [1.165, 1.54) is 0 Å². The number of esters is 1. The van der Waals surface area contributed by atoms with E-state index in [-0.39, 0.29) is 10.6 Å². The van der Waals surface area contributed by atoms with Crippen LogP contribution in [-0.2, 0) is 15.0 Å². The number of halogens is 2. The average Bonchev–Trinajstić information content (AvgIpc) is 2.25. The predicted octanol–water partition coefficient (Wildman–Crippen LogP) is 1.79. The van der Waals surface area contributed by atoms with Crippen LogP contribution in [0.25, 0.3) is 0 Å². The Balaban J connectivity index is 3.63. The fraction of sp³-hybridized carbons (Fsp3) is 0.222. The molecule has 0 fully saturated rings. The predicted molar refractivity (Wildman–Crippen MR) is 57.6 cm³/mol. The van der Waals surface area contributed by atoms with E-state index >= 15 is 0 Å². The van der Waals surface area contributed by atoms with E-state index in [1.54, 1.807) is 0 Å². The largest absolute Gasteiger partial charge is 0.494 e. The quantitative estimate of drug-likeness (QED) is 0.624. The van der Waals surface area contributed by atoms with Crippen LogP contribution in [0.15, 0.2) is 17.0 Å². The molecule has 5 nitrogen and oxygen atoms in total. The Morgan fingerprint density at radius 1 is 1.35 bits per heavy atom. The van der Waals surface area contributed by atoms with Crippen LogP contribution in [0.3, 0.4) is 0 Å². The highest BCUT2D eigenvalue weighted by atomic mass is 35.5. The molecule has 0 aliphatic carbocycles. The molecular formula is C9H8ClFO5S. The third kappa shape index (κ3) is 2.86. The molecule has 0 amide bonds. The van der Waals surface area contributed by atoms with Crippen LogP contribution in [0.4, 0.5) is 3.89 Å². The zero-order valence-electron chi connectivity index (χ0n) is 8.86. The van der Waals surface area contributed by atoms with Gasteiger partial charge in [-0.25, -0.2) is 4.79 Å². The van der Waals surface area contributed by atoms with Crippen molar-refractivity contribution in [2.75, 3.05) is 14.2 Å². The number of hydrogen-bond donors (Lipinski definition) is 0. The first-order valence-electron chi connectivity index (χ1n) is 4.21. The van der Waals surface area contributed by atoms with Gasteiger partial charge in [-0.3, -0.25) is 0 Å². The minimum Gasteiger partial charge on any atom is -0.494 e. The summed E-state index contributed by atoms with van der Waals surface area (Å²) >= 11 is 5.59. The third-order valence-corrected chi connectivity index (χ3v) is 2.94. The Morgan fingerprint density at radius 3 is 2.35 bits per heavy atom. The van der Waals surface area contributed by atoms with Crippen LogP contribution in [0, 0.1) is 0 Å². The van der Waals surface area contributed by atoms with E-state index < -0.39 is 26.8 Å². The molecule has 1 aromatic rings. The molecule has 0 spiro atoms. The summed E-state index contributed by atoms with van der Waals surface area (Å²) in [5, 5.41) is -0.123. The lowest BCUT2D eigenvalue weighted by molar-refractivity contribution is 0.0596. The highest BCUT2D eigenvalue weighted by Crippen LogP contribution is 2.33. The molecule has 0 aliphatic rings. The van der Waals surface area contributed by atoms with Crippen LogP contribution >= 0.6 is 11.6 Å². The van der Waals surface area contributed by atoms with E-state index in [0.717, 1.165) is 26.4 Å². The number of rotatable bonds is 3. The first-order valence-corrected chi connectivity index (χ1v) is 5.98. The Kier molecular flexibility index (Phi) is 3.94. The minimum atomic E-state index is -5.05. The molecule has 0 radical (unpaired) electrons. The lowest BCUT2D eigenvalue weighted by Crippen LogP contribution is -2.07. The van der Waals surface area contributed by atoms with E-state index in [4.69, 9.17) is 16.3 Å². The first-order chi connectivity index (χ1) is 7.81. The summed E-state index contributed by atoms with van der Waals surface area (Å²) in [6, 6.07) is 1.98. The minimum absolute atomic E-state index is 0.123. The molecule has 0 unspecified atom stereocenters. The second kappa shape index (κ2) is 4.89. The van der Waals surface area contributed by atoms with Crippen LogP contribution in [0.5, 0.6) is 5.75 Å². The van der Waals surface area contributed by atoms with Crippen molar-refractivity contribution in [3.8, 4) is 5.75 Å². The van der Waals surface area contributed by atoms with Crippen molar-refractivity contribution in [3.05, 3.63) is 22.7 Å². The van der Waals surface area contributed by atoms with Crippen LogP contribution in [0.2, 0.25) is 5.02 Å². The number of benzene rings is 1. The summed E-state index contributed by atoms with van der Waals surface area (Å²) < 4.78 is 43.8. The zero-order chi connectivity index (χ0) is 13.2. The second-order valence-corrected chi connectivity index (χ2v) is 4.67. The van der Waals surface area contributed by atoms with Gasteiger partial charge >= 0.3 is 16.2 Å². The van der Waals surface area contributed by atoms with Gasteiger partial charge in [0.15, 0.2) is 5.75 Å². The maximum atomic E-state index is 13.0. The molecule has 0 saturated heterocycles. The smallest absolute Gasteiger partial charge is 0.341 e. The standard InChI is InChI=1S/C9H8ClFO5S/c1-15-8-6(9(12)16-2)3-5(10)4-7(8)17(11,13)14/h3-4H,1-2H3. The normalized spacial score (nSPS) is 11.1. The maximum absolute atomic E-state index is 13.0. The fourth-order valence-electron chi connectivity index (χ4n) is 1.22. The number of carbonyl (C=O) groups excluding carboxylic acids is 1. The van der Waals surface area contributed by atoms with Gasteiger partial charge in [-0.1, -0.05) is 11.6 Å². The van der Waals surface area contributed by atoms with Crippen molar-refractivity contribution < 1.29 is 26.6 Å². The molecule has 0 aromatic heterocycles. The van der Waals surface area contributed by atoms with E-state index in [9.17, 15) is 17.1 Å². The van der Waals surface area contributed by atoms with Crippen molar-refractivity contribution in [1.29, 1.82) is 0 Å². The summed E-state index contributed by atoms with van der Waals surface area (Å²) in [5.41, 5.74) is -0.265. The van der Waals surface area contributed by atoms with Gasteiger partial charge in [-0.05, 0) is 12.1 Å². The lowest BCUT2D eigenvalue weighted by Gasteiger charge is -2.10. The first kappa shape index (κ1) is 13.7. The SMILES string of the molecule is COC(=O)c1cc(Cl)cc(S(=O)(=O)F)c1OC. The highest BCUT2D eigenvalue weighted by molar-refractivity contribution is 7.86. The van der Waals surface area contributed by atoms with Gasteiger partial charge in [-0.15, -0.1) is 3.89 Å². The van der Waals surface area contributed by atoms with Crippen molar-refractivity contribution >= 4 is 27.8 Å². The van der Waals surface area contributed by atoms with Gasteiger partial charge in [-0.2, -0.15) is 8.42 Å². The topological polar surface area (TPSA) is 69.7 Å². The van der Waals surface area contributed by atoms with Gasteiger partial charge in [0.25, 0.3) is 0 Å². The lowest BCUT2D eigenvalue weighted by atomic mass is 10.2. The molecule has 8 heteroatoms. The fourth-order valence-corrected chi connectivity index (χ4v) is 2.19. The molecular weight excluding hydrogens is 275 g/mol. The van der Waals surface area contributed by atoms with Gasteiger partial charge in [0, 0.05) is 5.02 Å². The Hall–Kier alpha value is -1.34. The Morgan fingerprint density at radius 2 is 1.94 bits per heavy atom. The zero-order valence-corrected chi connectivity index (χ0v) is 10.4. The van der Waals surface area contributed by atoms with Crippen molar-refractivity contribution in [3.63, 3.8) is 0 Å². The molecule has 0 heterocycles. The number of ether oxygens (including phenoxy) is 2. The summed E-state index contributed by atoms with van der Waals surface area (Å²) in [6.07, 6.45) is 0. The molecule has 1 rings (SSSR count). The van der Waals surface area contributed by atoms with Crippen molar-refractivity contribution in [2.24, 2.45) is 0 Å². The molecule has 0 aliphatic heterocycles. The molecule has 0 atom stereocenters. The second-order valence-electron chi connectivity index (χ2n) is 2.91. The maximum Gasteiger partial charge on any atom is 0.341 e. The van der Waals surface area contributed by atoms with Crippen molar-refractivity contribution in [2.45, 2.75) is 4.90 Å². The molecule has 0 bridgehead atoms. The number of methoxy groups -OCH3 is 2. The van der Waals surface area contributed by atoms with Gasteiger partial charge in [0.1, 0.15) is 10.5 Å². The third-order valence-electron chi connectivity index (χ3n) is 1.89. The molecule has 94 valence electrons. The van der Waals surface area contributed by atoms with E-state index in [0.29, 0.717) is 0 Å². The van der Waals surface area contributed by atoms with Crippen molar-refractivity contribution in [1.82, 2.24) is 0 Å². The Labute approximate surface area is 102 Å². The highest BCUT2D eigenvalue weighted by Gasteiger charge is 2.25. The Bertz CT molecular complexity index is 555. The van der Waals surface area contributed by atoms with Gasteiger partial charge in [0.05, 0.1) is 14.2 Å². The van der Waals surface area contributed by atoms with E-state index in [1.807, 2.05) is 0 Å². The summed E-state index contributed by atoms with van der Waals surface area (Å²) in [5.74, 6) is -1.32. The summed E-state index contributed by atoms with van der Waals surface area (Å²) in [4.78, 5) is 10.5. The molecule has 17 heavy (non-hydrogen) atoms. The number of carbonyl (C=O) groups is 1. The average molecular weight is 283 g/mol. The van der Waals surface area contributed by atoms with Gasteiger partial charge < -0.3 is 9.47 Å². The van der Waals surface area contributed by atoms with Gasteiger partial charge in [0.2, 0.25) is 0 Å². The molecule has 0 saturated carbocycles. The van der Waals surface area contributed by atoms with Crippen LogP contribution in [0.1, 0.15) is 10.4 Å². The molecule has 0 N–H and O–H groups in total. The number of hydrogen-bond acceptors (Lipinski definition) is 5. The van der Waals surface area contributed by atoms with Crippen LogP contribution < -0.4 is 4.74 Å². The monoisotopic (exact) mass is 282 g/mol. The molecule has 1 aromatic carbocycles. The summed E-state index contributed by atoms with van der Waals surface area (Å²) in [7, 11) is -2.86.